The quantitative estimate of drug-likeness (QED) is 0.826. The number of nitrogens with one attached hydrogen (secondary N) is 2. The van der Waals surface area contributed by atoms with Crippen molar-refractivity contribution in [3.05, 3.63) is 35.4 Å². The highest BCUT2D eigenvalue weighted by atomic mass is 16.2. The molecule has 0 saturated carbocycles. The van der Waals surface area contributed by atoms with Crippen molar-refractivity contribution < 1.29 is 9.59 Å². The van der Waals surface area contributed by atoms with Crippen molar-refractivity contribution in [1.29, 1.82) is 0 Å². The summed E-state index contributed by atoms with van der Waals surface area (Å²) in [4.78, 5) is 23.2. The average molecular weight is 264 g/mol. The third kappa shape index (κ3) is 5.66. The summed E-state index contributed by atoms with van der Waals surface area (Å²) in [5, 5.41) is 5.67. The van der Waals surface area contributed by atoms with Crippen molar-refractivity contribution in [3.63, 3.8) is 0 Å². The van der Waals surface area contributed by atoms with Crippen LogP contribution in [0, 0.1) is 5.92 Å². The molecule has 0 spiro atoms. The van der Waals surface area contributed by atoms with Gasteiger partial charge in [-0.2, -0.15) is 0 Å². The second-order valence-electron chi connectivity index (χ2n) is 4.53. The summed E-state index contributed by atoms with van der Waals surface area (Å²) in [6.07, 6.45) is 0. The Morgan fingerprint density at radius 3 is 2.21 bits per heavy atom. The van der Waals surface area contributed by atoms with Crippen LogP contribution in [0.2, 0.25) is 0 Å². The predicted molar refractivity (Wildman–Crippen MR) is 78.1 cm³/mol. The first kappa shape index (κ1) is 17.3. The topological polar surface area (TPSA) is 58.2 Å². The van der Waals surface area contributed by atoms with E-state index >= 15 is 0 Å². The summed E-state index contributed by atoms with van der Waals surface area (Å²) >= 11 is 0. The van der Waals surface area contributed by atoms with Crippen LogP contribution >= 0.6 is 0 Å². The average Bonchev–Trinajstić information content (AvgIpc) is 2.36. The van der Waals surface area contributed by atoms with Gasteiger partial charge in [-0.15, -0.1) is 0 Å². The number of carbonyl (C=O) groups is 2. The fraction of sp³-hybridized carbons (Fsp3) is 0.467. The number of rotatable bonds is 6. The van der Waals surface area contributed by atoms with Gasteiger partial charge in [0.25, 0.3) is 5.91 Å². The van der Waals surface area contributed by atoms with Crippen LogP contribution in [-0.2, 0) is 11.3 Å². The molecule has 1 rings (SSSR count). The molecule has 0 saturated heterocycles. The first-order valence-electron chi connectivity index (χ1n) is 6.09. The first-order valence-corrected chi connectivity index (χ1v) is 6.09. The molecule has 0 radical (unpaired) electrons. The van der Waals surface area contributed by atoms with Crippen molar-refractivity contribution in [2.75, 3.05) is 13.6 Å². The van der Waals surface area contributed by atoms with Gasteiger partial charge in [-0.05, 0) is 24.7 Å². The van der Waals surface area contributed by atoms with Gasteiger partial charge < -0.3 is 10.6 Å². The second kappa shape index (κ2) is 8.43. The zero-order valence-electron chi connectivity index (χ0n) is 11.1. The smallest absolute Gasteiger partial charge is 0.251 e. The molecule has 0 aliphatic rings. The lowest BCUT2D eigenvalue weighted by Gasteiger charge is -2.07. The summed E-state index contributed by atoms with van der Waals surface area (Å²) in [5.74, 6) is -0.224. The Morgan fingerprint density at radius 1 is 1.16 bits per heavy atom. The molecule has 2 N–H and O–H groups in total. The minimum atomic E-state index is -0.208. The maximum Gasteiger partial charge on any atom is 0.251 e. The van der Waals surface area contributed by atoms with Crippen LogP contribution in [0.15, 0.2) is 24.3 Å². The summed E-state index contributed by atoms with van der Waals surface area (Å²) < 4.78 is 0. The normalized spacial score (nSPS) is 9.89. The van der Waals surface area contributed by atoms with Crippen LogP contribution in [0.3, 0.4) is 0 Å². The van der Waals surface area contributed by atoms with E-state index in [0.29, 0.717) is 5.56 Å². The number of ketones is 1. The second-order valence-corrected chi connectivity index (χ2v) is 4.53. The van der Waals surface area contributed by atoms with Crippen LogP contribution < -0.4 is 10.6 Å². The number of carbonyl (C=O) groups excluding carboxylic acids is 2. The van der Waals surface area contributed by atoms with E-state index in [1.165, 1.54) is 0 Å². The molecule has 1 aromatic rings. The lowest BCUT2D eigenvalue weighted by atomic mass is 10.1. The molecule has 0 atom stereocenters. The molecule has 0 aromatic heterocycles. The number of hydrogen-bond acceptors (Lipinski definition) is 3. The number of hydrogen-bond donors (Lipinski definition) is 2. The zero-order chi connectivity index (χ0) is 13.5. The van der Waals surface area contributed by atoms with Crippen molar-refractivity contribution >= 4 is 11.7 Å². The lowest BCUT2D eigenvalue weighted by molar-refractivity contribution is -0.120. The Balaban J connectivity index is 0.00000324. The van der Waals surface area contributed by atoms with Crippen LogP contribution in [-0.4, -0.2) is 25.3 Å². The van der Waals surface area contributed by atoms with Gasteiger partial charge in [-0.1, -0.05) is 33.4 Å². The lowest BCUT2D eigenvalue weighted by Crippen LogP contribution is -2.31. The molecule has 19 heavy (non-hydrogen) atoms. The molecule has 0 bridgehead atoms. The van der Waals surface area contributed by atoms with Gasteiger partial charge in [0.2, 0.25) is 0 Å². The molecule has 0 aliphatic heterocycles. The highest BCUT2D eigenvalue weighted by Crippen LogP contribution is 2.04. The van der Waals surface area contributed by atoms with Crippen molar-refractivity contribution in [2.45, 2.75) is 27.8 Å². The fourth-order valence-electron chi connectivity index (χ4n) is 1.45. The van der Waals surface area contributed by atoms with Crippen LogP contribution in [0.1, 0.15) is 37.2 Å². The molecule has 0 aliphatic carbocycles. The van der Waals surface area contributed by atoms with E-state index in [2.05, 4.69) is 10.6 Å². The molecular formula is C15H24N2O2. The molecule has 1 amide bonds. The van der Waals surface area contributed by atoms with E-state index in [0.717, 1.165) is 12.1 Å². The number of amides is 1. The Kier molecular flexibility index (Phi) is 7.68. The van der Waals surface area contributed by atoms with Crippen LogP contribution in [0.25, 0.3) is 0 Å². The molecule has 1 aromatic carbocycles. The molecule has 106 valence electrons. The van der Waals surface area contributed by atoms with Crippen molar-refractivity contribution in [3.8, 4) is 0 Å². The Labute approximate surface area is 115 Å². The van der Waals surface area contributed by atoms with Crippen molar-refractivity contribution in [1.82, 2.24) is 10.6 Å². The van der Waals surface area contributed by atoms with Crippen LogP contribution in [0.5, 0.6) is 0 Å². The summed E-state index contributed by atoms with van der Waals surface area (Å²) in [6, 6.07) is 7.33. The van der Waals surface area contributed by atoms with Gasteiger partial charge in [0, 0.05) is 18.0 Å². The first-order chi connectivity index (χ1) is 8.54. The third-order valence-electron chi connectivity index (χ3n) is 2.66. The van der Waals surface area contributed by atoms with Gasteiger partial charge >= 0.3 is 0 Å². The Bertz CT molecular complexity index is 411. The Morgan fingerprint density at radius 2 is 1.74 bits per heavy atom. The van der Waals surface area contributed by atoms with Gasteiger partial charge in [-0.3, -0.25) is 9.59 Å². The maximum absolute atomic E-state index is 11.8. The highest BCUT2D eigenvalue weighted by Gasteiger charge is 2.10. The predicted octanol–water partition coefficient (Wildman–Crippen LogP) is 2.00. The summed E-state index contributed by atoms with van der Waals surface area (Å²) in [6.45, 7) is 4.50. The van der Waals surface area contributed by atoms with Gasteiger partial charge in [0.15, 0.2) is 5.78 Å². The van der Waals surface area contributed by atoms with Gasteiger partial charge in [-0.25, -0.2) is 0 Å². The minimum Gasteiger partial charge on any atom is -0.345 e. The van der Waals surface area contributed by atoms with Crippen molar-refractivity contribution in [2.24, 2.45) is 5.92 Å². The summed E-state index contributed by atoms with van der Waals surface area (Å²) in [7, 11) is 1.87. The van der Waals surface area contributed by atoms with Crippen LogP contribution in [0.4, 0.5) is 0 Å². The van der Waals surface area contributed by atoms with E-state index in [9.17, 15) is 9.59 Å². The standard InChI is InChI=1S/C14H20N2O2.CH4/c1-10(2)13(17)9-16-14(18)12-6-4-11(5-7-12)8-15-3;/h4-7,10,15H,8-9H2,1-3H3,(H,16,18);1H4. The maximum atomic E-state index is 11.8. The van der Waals surface area contributed by atoms with Gasteiger partial charge in [0.05, 0.1) is 6.54 Å². The zero-order valence-corrected chi connectivity index (χ0v) is 11.1. The monoisotopic (exact) mass is 264 g/mol. The summed E-state index contributed by atoms with van der Waals surface area (Å²) in [5.41, 5.74) is 1.69. The fourth-order valence-corrected chi connectivity index (χ4v) is 1.45. The van der Waals surface area contributed by atoms with E-state index < -0.39 is 0 Å². The molecule has 0 fully saturated rings. The van der Waals surface area contributed by atoms with E-state index in [4.69, 9.17) is 0 Å². The van der Waals surface area contributed by atoms with Gasteiger partial charge in [0.1, 0.15) is 0 Å². The van der Waals surface area contributed by atoms with E-state index in [1.807, 2.05) is 33.0 Å². The largest absolute Gasteiger partial charge is 0.345 e. The highest BCUT2D eigenvalue weighted by molar-refractivity contribution is 5.96. The third-order valence-corrected chi connectivity index (χ3v) is 2.66. The minimum absolute atomic E-state index is 0. The molecule has 0 heterocycles. The van der Waals surface area contributed by atoms with E-state index in [1.54, 1.807) is 12.1 Å². The number of Topliss-reactive ketones (excluding diaryl/α,β-unsaturated/α-hetero) is 1. The molecule has 4 nitrogen and oxygen atoms in total. The SMILES string of the molecule is C.CNCc1ccc(C(=O)NCC(=O)C(C)C)cc1. The molecule has 4 heteroatoms. The Hall–Kier alpha value is -1.68. The molecule has 0 unspecified atom stereocenters. The molecular weight excluding hydrogens is 240 g/mol. The van der Waals surface area contributed by atoms with E-state index in [-0.39, 0.29) is 31.6 Å². The number of benzene rings is 1.